The lowest BCUT2D eigenvalue weighted by atomic mass is 10.0. The first-order valence-corrected chi connectivity index (χ1v) is 17.2. The standard InChI is InChI=1S/C33H44N4O9S/c1-6-44-30(39)26(35-29(38)27-8-7-18-37(27)47(42,43)25-15-9-22(2)10-16-25)20-23-11-13-24(14-12-23)45-32(41)36-19-17-34-21-28(36)31(40)46-33(3,4)5/h9-16,26-28,34H,6-8,17-21H2,1-5H3,(H,35,38)/t26-,27-,28?/m0/s1. The highest BCUT2D eigenvalue weighted by Gasteiger charge is 2.41. The number of ether oxygens (including phenoxy) is 3. The first kappa shape index (κ1) is 35.8. The minimum atomic E-state index is -3.93. The van der Waals surface area contributed by atoms with Crippen LogP contribution in [0.2, 0.25) is 0 Å². The van der Waals surface area contributed by atoms with Gasteiger partial charge >= 0.3 is 18.0 Å². The predicted octanol–water partition coefficient (Wildman–Crippen LogP) is 2.55. The van der Waals surface area contributed by atoms with Crippen molar-refractivity contribution in [3.8, 4) is 5.75 Å². The SMILES string of the molecule is CCOC(=O)[C@H](Cc1ccc(OC(=O)N2CCNCC2C(=O)OC(C)(C)C)cc1)NC(=O)[C@@H]1CCCN1S(=O)(=O)c1ccc(C)cc1. The highest BCUT2D eigenvalue weighted by Crippen LogP contribution is 2.27. The van der Waals surface area contributed by atoms with E-state index in [1.807, 2.05) is 6.92 Å². The van der Waals surface area contributed by atoms with Crippen LogP contribution in [0.15, 0.2) is 53.4 Å². The van der Waals surface area contributed by atoms with Gasteiger partial charge in [-0.15, -0.1) is 0 Å². The van der Waals surface area contributed by atoms with Gasteiger partial charge in [-0.3, -0.25) is 9.69 Å². The molecule has 2 heterocycles. The molecule has 2 amide bonds. The first-order chi connectivity index (χ1) is 22.2. The van der Waals surface area contributed by atoms with Gasteiger partial charge in [0.05, 0.1) is 11.5 Å². The lowest BCUT2D eigenvalue weighted by Crippen LogP contribution is -2.58. The van der Waals surface area contributed by atoms with Crippen LogP contribution in [-0.4, -0.2) is 98.1 Å². The lowest BCUT2D eigenvalue weighted by molar-refractivity contribution is -0.161. The van der Waals surface area contributed by atoms with E-state index in [9.17, 15) is 27.6 Å². The molecule has 3 atom stereocenters. The second kappa shape index (κ2) is 15.3. The minimum Gasteiger partial charge on any atom is -0.464 e. The van der Waals surface area contributed by atoms with Gasteiger partial charge in [0.15, 0.2) is 0 Å². The van der Waals surface area contributed by atoms with Crippen LogP contribution in [-0.2, 0) is 40.3 Å². The molecule has 13 nitrogen and oxygen atoms in total. The molecular formula is C33H44N4O9S. The van der Waals surface area contributed by atoms with E-state index in [-0.39, 0.29) is 43.3 Å². The molecule has 2 N–H and O–H groups in total. The molecule has 0 aromatic heterocycles. The van der Waals surface area contributed by atoms with E-state index in [2.05, 4.69) is 10.6 Å². The van der Waals surface area contributed by atoms with Gasteiger partial charge in [-0.25, -0.2) is 22.8 Å². The lowest BCUT2D eigenvalue weighted by Gasteiger charge is -2.35. The Morgan fingerprint density at radius 1 is 1.00 bits per heavy atom. The van der Waals surface area contributed by atoms with Crippen molar-refractivity contribution in [1.82, 2.24) is 19.8 Å². The number of piperazine rings is 1. The maximum Gasteiger partial charge on any atom is 0.416 e. The summed E-state index contributed by atoms with van der Waals surface area (Å²) in [5.74, 6) is -1.55. The van der Waals surface area contributed by atoms with E-state index in [0.717, 1.165) is 5.56 Å². The van der Waals surface area contributed by atoms with Gasteiger partial charge in [0, 0.05) is 32.6 Å². The quantitative estimate of drug-likeness (QED) is 0.359. The number of sulfonamides is 1. The number of esters is 2. The topological polar surface area (TPSA) is 161 Å². The van der Waals surface area contributed by atoms with E-state index in [4.69, 9.17) is 14.2 Å². The zero-order valence-corrected chi connectivity index (χ0v) is 28.3. The van der Waals surface area contributed by atoms with Crippen LogP contribution in [0.3, 0.4) is 0 Å². The molecule has 2 fully saturated rings. The molecule has 2 aliphatic heterocycles. The number of carbonyl (C=O) groups is 4. The van der Waals surface area contributed by atoms with E-state index in [1.165, 1.54) is 21.3 Å². The second-order valence-corrected chi connectivity index (χ2v) is 14.5. The fourth-order valence-electron chi connectivity index (χ4n) is 5.43. The van der Waals surface area contributed by atoms with Crippen molar-refractivity contribution < 1.29 is 41.8 Å². The Kier molecular flexibility index (Phi) is 11.6. The Morgan fingerprint density at radius 3 is 2.32 bits per heavy atom. The normalized spacial score (nSPS) is 19.5. The van der Waals surface area contributed by atoms with Crippen molar-refractivity contribution in [2.75, 3.05) is 32.8 Å². The monoisotopic (exact) mass is 672 g/mol. The van der Waals surface area contributed by atoms with E-state index < -0.39 is 57.7 Å². The molecule has 0 radical (unpaired) electrons. The fourth-order valence-corrected chi connectivity index (χ4v) is 7.09. The van der Waals surface area contributed by atoms with Crippen molar-refractivity contribution in [3.05, 3.63) is 59.7 Å². The van der Waals surface area contributed by atoms with Crippen molar-refractivity contribution in [1.29, 1.82) is 0 Å². The van der Waals surface area contributed by atoms with E-state index in [0.29, 0.717) is 24.9 Å². The molecule has 256 valence electrons. The van der Waals surface area contributed by atoms with Gasteiger partial charge in [0.25, 0.3) is 0 Å². The van der Waals surface area contributed by atoms with Crippen LogP contribution in [0, 0.1) is 6.92 Å². The molecule has 2 aromatic carbocycles. The number of aryl methyl sites for hydroxylation is 1. The van der Waals surface area contributed by atoms with Crippen LogP contribution in [0.5, 0.6) is 5.75 Å². The fraction of sp³-hybridized carbons (Fsp3) is 0.515. The molecule has 0 bridgehead atoms. The van der Waals surface area contributed by atoms with Gasteiger partial charge in [0.1, 0.15) is 29.5 Å². The van der Waals surface area contributed by atoms with Gasteiger partial charge in [-0.1, -0.05) is 29.8 Å². The maximum atomic E-state index is 13.4. The van der Waals surface area contributed by atoms with Crippen LogP contribution in [0.25, 0.3) is 0 Å². The second-order valence-electron chi connectivity index (χ2n) is 12.6. The number of amides is 2. The van der Waals surface area contributed by atoms with Crippen molar-refractivity contribution in [2.24, 2.45) is 0 Å². The van der Waals surface area contributed by atoms with E-state index in [1.54, 1.807) is 64.1 Å². The number of nitrogens with zero attached hydrogens (tertiary/aromatic N) is 2. The van der Waals surface area contributed by atoms with Gasteiger partial charge in [-0.05, 0) is 77.3 Å². The Balaban J connectivity index is 1.42. The molecule has 14 heteroatoms. The molecule has 0 spiro atoms. The maximum absolute atomic E-state index is 13.4. The molecule has 4 rings (SSSR count). The summed E-state index contributed by atoms with van der Waals surface area (Å²) >= 11 is 0. The predicted molar refractivity (Wildman–Crippen MR) is 172 cm³/mol. The summed E-state index contributed by atoms with van der Waals surface area (Å²) in [4.78, 5) is 53.5. The number of nitrogens with one attached hydrogen (secondary N) is 2. The smallest absolute Gasteiger partial charge is 0.416 e. The molecule has 0 saturated carbocycles. The van der Waals surface area contributed by atoms with Gasteiger partial charge < -0.3 is 24.8 Å². The minimum absolute atomic E-state index is 0.0503. The molecule has 2 aliphatic rings. The highest BCUT2D eigenvalue weighted by atomic mass is 32.2. The number of hydrogen-bond acceptors (Lipinski definition) is 10. The Labute approximate surface area is 276 Å². The number of rotatable bonds is 10. The Bertz CT molecular complexity index is 1540. The van der Waals surface area contributed by atoms with Crippen LogP contribution in [0.1, 0.15) is 51.7 Å². The van der Waals surface area contributed by atoms with Crippen LogP contribution in [0.4, 0.5) is 4.79 Å². The third-order valence-electron chi connectivity index (χ3n) is 7.75. The summed E-state index contributed by atoms with van der Waals surface area (Å²) in [7, 11) is -3.93. The average molecular weight is 673 g/mol. The van der Waals surface area contributed by atoms with Crippen LogP contribution < -0.4 is 15.4 Å². The highest BCUT2D eigenvalue weighted by molar-refractivity contribution is 7.89. The average Bonchev–Trinajstić information content (AvgIpc) is 3.53. The molecular weight excluding hydrogens is 628 g/mol. The van der Waals surface area contributed by atoms with Crippen molar-refractivity contribution in [3.63, 3.8) is 0 Å². The summed E-state index contributed by atoms with van der Waals surface area (Å²) in [5, 5.41) is 5.81. The Hall–Kier alpha value is -4.01. The number of hydrogen-bond donors (Lipinski definition) is 2. The largest absolute Gasteiger partial charge is 0.464 e. The number of carbonyl (C=O) groups excluding carboxylic acids is 4. The van der Waals surface area contributed by atoms with Gasteiger partial charge in [0.2, 0.25) is 15.9 Å². The molecule has 47 heavy (non-hydrogen) atoms. The van der Waals surface area contributed by atoms with Crippen LogP contribution >= 0.6 is 0 Å². The molecule has 2 saturated heterocycles. The molecule has 1 unspecified atom stereocenters. The van der Waals surface area contributed by atoms with Crippen molar-refractivity contribution >= 4 is 34.0 Å². The van der Waals surface area contributed by atoms with Gasteiger partial charge in [-0.2, -0.15) is 4.31 Å². The third kappa shape index (κ3) is 9.30. The third-order valence-corrected chi connectivity index (χ3v) is 9.67. The Morgan fingerprint density at radius 2 is 1.68 bits per heavy atom. The molecule has 2 aromatic rings. The zero-order valence-electron chi connectivity index (χ0n) is 27.5. The summed E-state index contributed by atoms with van der Waals surface area (Å²) in [5.41, 5.74) is 0.832. The molecule has 0 aliphatic carbocycles. The summed E-state index contributed by atoms with van der Waals surface area (Å²) < 4.78 is 44.2. The summed E-state index contributed by atoms with van der Waals surface area (Å²) in [6.45, 7) is 10.0. The summed E-state index contributed by atoms with van der Waals surface area (Å²) in [6.07, 6.45) is 0.164. The van der Waals surface area contributed by atoms with Crippen molar-refractivity contribution in [2.45, 2.75) is 82.5 Å². The zero-order chi connectivity index (χ0) is 34.4. The van der Waals surface area contributed by atoms with E-state index >= 15 is 0 Å². The first-order valence-electron chi connectivity index (χ1n) is 15.8. The summed E-state index contributed by atoms with van der Waals surface area (Å²) in [6, 6.07) is 9.93. The number of benzene rings is 2.